The van der Waals surface area contributed by atoms with Crippen molar-refractivity contribution in [1.29, 1.82) is 0 Å². The van der Waals surface area contributed by atoms with Crippen molar-refractivity contribution >= 4 is 17.2 Å². The first-order chi connectivity index (χ1) is 10.6. The number of ether oxygens (including phenoxy) is 1. The Balaban J connectivity index is 1.74. The summed E-state index contributed by atoms with van der Waals surface area (Å²) in [6.45, 7) is 2.38. The maximum atomic E-state index is 12.6. The zero-order valence-electron chi connectivity index (χ0n) is 12.5. The summed E-state index contributed by atoms with van der Waals surface area (Å²) in [5.41, 5.74) is 14.0. The van der Waals surface area contributed by atoms with Crippen LogP contribution in [0.15, 0.2) is 42.5 Å². The third-order valence-corrected chi connectivity index (χ3v) is 4.14. The molecule has 0 saturated carbocycles. The molecule has 1 aliphatic carbocycles. The summed E-state index contributed by atoms with van der Waals surface area (Å²) in [7, 11) is 0. The van der Waals surface area contributed by atoms with E-state index in [9.17, 15) is 4.79 Å². The van der Waals surface area contributed by atoms with Crippen LogP contribution in [-0.2, 0) is 9.53 Å². The Morgan fingerprint density at radius 1 is 1.27 bits per heavy atom. The largest absolute Gasteiger partial charge is 0.399 e. The number of carbonyl (C=O) groups excluding carboxylic acids is 1. The summed E-state index contributed by atoms with van der Waals surface area (Å²) >= 11 is 0. The van der Waals surface area contributed by atoms with Crippen LogP contribution in [0.4, 0.5) is 5.69 Å². The molecule has 1 aromatic carbocycles. The summed E-state index contributed by atoms with van der Waals surface area (Å²) in [6.07, 6.45) is 6.22. The topological polar surface area (TPSA) is 81.6 Å². The van der Waals surface area contributed by atoms with Gasteiger partial charge in [-0.05, 0) is 29.7 Å². The first-order valence-electron chi connectivity index (χ1n) is 7.50. The van der Waals surface area contributed by atoms with Gasteiger partial charge in [-0.2, -0.15) is 0 Å². The van der Waals surface area contributed by atoms with Crippen LogP contribution in [0.3, 0.4) is 0 Å². The minimum absolute atomic E-state index is 0.0325. The molecular formula is C17H21N3O2. The molecule has 1 aromatic rings. The van der Waals surface area contributed by atoms with E-state index in [1.165, 1.54) is 0 Å². The highest BCUT2D eigenvalue weighted by molar-refractivity contribution is 5.91. The quantitative estimate of drug-likeness (QED) is 0.803. The number of rotatable bonds is 2. The summed E-state index contributed by atoms with van der Waals surface area (Å²) in [5, 5.41) is 0. The number of carbonyl (C=O) groups is 1. The number of nitrogens with two attached hydrogens (primary N) is 2. The zero-order chi connectivity index (χ0) is 15.6. The highest BCUT2D eigenvalue weighted by atomic mass is 16.5. The minimum Gasteiger partial charge on any atom is -0.399 e. The number of amides is 1. The van der Waals surface area contributed by atoms with Crippen LogP contribution < -0.4 is 11.5 Å². The normalized spacial score (nSPS) is 25.0. The fraction of sp³-hybridized carbons (Fsp3) is 0.353. The number of morpholine rings is 1. The van der Waals surface area contributed by atoms with Gasteiger partial charge in [0.2, 0.25) is 5.91 Å². The Bertz CT molecular complexity index is 633. The van der Waals surface area contributed by atoms with Crippen molar-refractivity contribution in [2.75, 3.05) is 32.0 Å². The molecule has 1 heterocycles. The van der Waals surface area contributed by atoms with E-state index in [1.807, 2.05) is 42.5 Å². The van der Waals surface area contributed by atoms with Crippen molar-refractivity contribution in [2.45, 2.75) is 12.0 Å². The van der Waals surface area contributed by atoms with Crippen LogP contribution in [0.1, 0.15) is 12.0 Å². The van der Waals surface area contributed by atoms with E-state index in [2.05, 4.69) is 0 Å². The molecule has 3 rings (SSSR count). The summed E-state index contributed by atoms with van der Waals surface area (Å²) in [6, 6.07) is 7.69. The van der Waals surface area contributed by atoms with Gasteiger partial charge in [0, 0.05) is 18.8 Å². The molecule has 0 radical (unpaired) electrons. The Morgan fingerprint density at radius 2 is 2.05 bits per heavy atom. The van der Waals surface area contributed by atoms with Crippen LogP contribution in [0.2, 0.25) is 0 Å². The summed E-state index contributed by atoms with van der Waals surface area (Å²) in [4.78, 5) is 14.4. The lowest BCUT2D eigenvalue weighted by Crippen LogP contribution is -2.56. The smallest absolute Gasteiger partial charge is 0.247 e. The van der Waals surface area contributed by atoms with Crippen molar-refractivity contribution in [2.24, 2.45) is 5.73 Å². The van der Waals surface area contributed by atoms with E-state index in [1.54, 1.807) is 4.90 Å². The molecule has 5 nitrogen and oxygen atoms in total. The molecular weight excluding hydrogens is 278 g/mol. The van der Waals surface area contributed by atoms with Gasteiger partial charge in [0.25, 0.3) is 0 Å². The van der Waals surface area contributed by atoms with E-state index < -0.39 is 5.54 Å². The Kier molecular flexibility index (Phi) is 4.00. The highest BCUT2D eigenvalue weighted by Gasteiger charge is 2.36. The van der Waals surface area contributed by atoms with Gasteiger partial charge in [-0.15, -0.1) is 0 Å². The molecule has 116 valence electrons. The first-order valence-corrected chi connectivity index (χ1v) is 7.50. The van der Waals surface area contributed by atoms with Crippen LogP contribution in [0, 0.1) is 0 Å². The van der Waals surface area contributed by atoms with Crippen LogP contribution in [0.25, 0.3) is 5.57 Å². The lowest BCUT2D eigenvalue weighted by Gasteiger charge is -2.35. The van der Waals surface area contributed by atoms with Crippen LogP contribution in [0.5, 0.6) is 0 Å². The van der Waals surface area contributed by atoms with Gasteiger partial charge in [-0.25, -0.2) is 0 Å². The molecule has 22 heavy (non-hydrogen) atoms. The Hall–Kier alpha value is -2.11. The average molecular weight is 299 g/mol. The van der Waals surface area contributed by atoms with Gasteiger partial charge < -0.3 is 21.1 Å². The standard InChI is InChI=1S/C17H21N3O2/c18-15-3-1-2-14(12-15)13-4-6-17(19,7-5-13)16(21)20-8-10-22-11-9-20/h1-6,12H,7-11,18-19H2. The number of anilines is 1. The lowest BCUT2D eigenvalue weighted by molar-refractivity contribution is -0.139. The zero-order valence-corrected chi connectivity index (χ0v) is 12.5. The van der Waals surface area contributed by atoms with E-state index >= 15 is 0 Å². The molecule has 1 unspecified atom stereocenters. The molecule has 5 heteroatoms. The molecule has 1 fully saturated rings. The molecule has 0 bridgehead atoms. The fourth-order valence-electron chi connectivity index (χ4n) is 2.81. The number of nitrogens with zero attached hydrogens (tertiary/aromatic N) is 1. The van der Waals surface area contributed by atoms with Gasteiger partial charge in [-0.1, -0.05) is 30.4 Å². The number of hydrogen-bond donors (Lipinski definition) is 2. The molecule has 1 saturated heterocycles. The van der Waals surface area contributed by atoms with E-state index in [0.29, 0.717) is 32.7 Å². The fourth-order valence-corrected chi connectivity index (χ4v) is 2.81. The van der Waals surface area contributed by atoms with E-state index in [0.717, 1.165) is 16.8 Å². The predicted octanol–water partition coefficient (Wildman–Crippen LogP) is 1.17. The first kappa shape index (κ1) is 14.8. The van der Waals surface area contributed by atoms with Crippen molar-refractivity contribution < 1.29 is 9.53 Å². The minimum atomic E-state index is -0.957. The molecule has 0 spiro atoms. The Morgan fingerprint density at radius 3 is 2.68 bits per heavy atom. The second-order valence-electron chi connectivity index (χ2n) is 5.77. The van der Waals surface area contributed by atoms with Crippen molar-refractivity contribution in [3.63, 3.8) is 0 Å². The third kappa shape index (κ3) is 2.91. The molecule has 1 amide bonds. The average Bonchev–Trinajstić information content (AvgIpc) is 2.55. The SMILES string of the molecule is Nc1cccc(C2=CCC(N)(C(=O)N3CCOCC3)C=C2)c1. The van der Waals surface area contributed by atoms with Crippen molar-refractivity contribution in [3.8, 4) is 0 Å². The van der Waals surface area contributed by atoms with E-state index in [-0.39, 0.29) is 5.91 Å². The van der Waals surface area contributed by atoms with Gasteiger partial charge in [0.1, 0.15) is 5.54 Å². The van der Waals surface area contributed by atoms with E-state index in [4.69, 9.17) is 16.2 Å². The summed E-state index contributed by atoms with van der Waals surface area (Å²) < 4.78 is 5.28. The van der Waals surface area contributed by atoms with Gasteiger partial charge in [-0.3, -0.25) is 4.79 Å². The third-order valence-electron chi connectivity index (χ3n) is 4.14. The Labute approximate surface area is 130 Å². The molecule has 1 atom stereocenters. The molecule has 4 N–H and O–H groups in total. The lowest BCUT2D eigenvalue weighted by atomic mass is 9.86. The number of nitrogen functional groups attached to an aromatic ring is 1. The molecule has 0 aromatic heterocycles. The second kappa shape index (κ2) is 5.94. The molecule has 2 aliphatic rings. The van der Waals surface area contributed by atoms with Gasteiger partial charge in [0.15, 0.2) is 0 Å². The number of hydrogen-bond acceptors (Lipinski definition) is 4. The van der Waals surface area contributed by atoms with Gasteiger partial charge in [0.05, 0.1) is 13.2 Å². The summed E-state index contributed by atoms with van der Waals surface area (Å²) in [5.74, 6) is -0.0325. The predicted molar refractivity (Wildman–Crippen MR) is 86.9 cm³/mol. The van der Waals surface area contributed by atoms with Crippen molar-refractivity contribution in [1.82, 2.24) is 4.90 Å². The monoisotopic (exact) mass is 299 g/mol. The maximum absolute atomic E-state index is 12.6. The number of benzene rings is 1. The second-order valence-corrected chi connectivity index (χ2v) is 5.77. The highest BCUT2D eigenvalue weighted by Crippen LogP contribution is 2.27. The van der Waals surface area contributed by atoms with Gasteiger partial charge >= 0.3 is 0 Å². The maximum Gasteiger partial charge on any atom is 0.247 e. The van der Waals surface area contributed by atoms with Crippen LogP contribution in [-0.4, -0.2) is 42.6 Å². The van der Waals surface area contributed by atoms with Crippen molar-refractivity contribution in [3.05, 3.63) is 48.1 Å². The number of allylic oxidation sites excluding steroid dienone is 2. The van der Waals surface area contributed by atoms with Crippen LogP contribution >= 0.6 is 0 Å². The molecule has 1 aliphatic heterocycles.